The van der Waals surface area contributed by atoms with E-state index in [1.165, 1.54) is 28.4 Å². The van der Waals surface area contributed by atoms with Crippen molar-refractivity contribution in [1.82, 2.24) is 4.90 Å². The minimum atomic E-state index is -3.12. The lowest BCUT2D eigenvalue weighted by Gasteiger charge is -2.38. The summed E-state index contributed by atoms with van der Waals surface area (Å²) >= 11 is 0. The highest BCUT2D eigenvalue weighted by atomic mass is 28.4. The minimum Gasteiger partial charge on any atom is -0.469 e. The smallest absolute Gasteiger partial charge is 0.469 e. The molecular weight excluding hydrogens is 334 g/mol. The van der Waals surface area contributed by atoms with Crippen LogP contribution >= 0.6 is 0 Å². The highest BCUT2D eigenvalue weighted by molar-refractivity contribution is 6.62. The maximum absolute atomic E-state index is 12.5. The van der Waals surface area contributed by atoms with E-state index in [1.54, 1.807) is 4.90 Å². The number of hydrogen-bond acceptors (Lipinski definition) is 7. The summed E-state index contributed by atoms with van der Waals surface area (Å²) in [7, 11) is 2.74. The average Bonchev–Trinajstić information content (AvgIpc) is 2.99. The number of rotatable bonds is 11. The predicted octanol–water partition coefficient (Wildman–Crippen LogP) is 0.611. The summed E-state index contributed by atoms with van der Waals surface area (Å²) in [5.74, 6) is -0.987. The second-order valence-electron chi connectivity index (χ2n) is 5.60. The third-order valence-electron chi connectivity index (χ3n) is 4.21. The lowest BCUT2D eigenvalue weighted by atomic mass is 10.1. The van der Waals surface area contributed by atoms with E-state index in [2.05, 4.69) is 0 Å². The van der Waals surface area contributed by atoms with Gasteiger partial charge in [-0.05, 0) is 12.8 Å². The first-order valence-electron chi connectivity index (χ1n) is 8.10. The van der Waals surface area contributed by atoms with Gasteiger partial charge in [0.2, 0.25) is 5.91 Å². The van der Waals surface area contributed by atoms with Gasteiger partial charge in [-0.15, -0.1) is 0 Å². The third-order valence-corrected chi connectivity index (χ3v) is 7.34. The number of likely N-dealkylation sites (tertiary alicyclic amines) is 1. The van der Waals surface area contributed by atoms with Gasteiger partial charge in [-0.25, -0.2) is 0 Å². The molecule has 0 saturated carbocycles. The van der Waals surface area contributed by atoms with Gasteiger partial charge in [-0.3, -0.25) is 9.59 Å². The van der Waals surface area contributed by atoms with E-state index < -0.39 is 20.4 Å². The van der Waals surface area contributed by atoms with Crippen LogP contribution in [0.1, 0.15) is 26.2 Å². The molecule has 1 rings (SSSR count). The molecule has 2 atom stereocenters. The fraction of sp³-hybridized carbons (Fsp3) is 0.867. The molecule has 8 nitrogen and oxygen atoms in total. The fourth-order valence-corrected chi connectivity index (χ4v) is 5.40. The monoisotopic (exact) mass is 363 g/mol. The van der Waals surface area contributed by atoms with Crippen LogP contribution in [0.5, 0.6) is 0 Å². The van der Waals surface area contributed by atoms with Gasteiger partial charge in [0.15, 0.2) is 0 Å². The molecule has 1 fully saturated rings. The van der Waals surface area contributed by atoms with Crippen molar-refractivity contribution >= 4 is 20.7 Å². The molecule has 9 heteroatoms. The van der Waals surface area contributed by atoms with E-state index in [9.17, 15) is 9.59 Å². The van der Waals surface area contributed by atoms with E-state index in [-0.39, 0.29) is 24.8 Å². The quantitative estimate of drug-likeness (QED) is 0.302. The van der Waals surface area contributed by atoms with Gasteiger partial charge in [0.05, 0.1) is 13.0 Å². The van der Waals surface area contributed by atoms with Gasteiger partial charge in [-0.1, -0.05) is 6.92 Å². The Morgan fingerprint density at radius 3 is 2.33 bits per heavy atom. The van der Waals surface area contributed by atoms with Crippen molar-refractivity contribution in [2.75, 3.05) is 48.2 Å². The first-order valence-corrected chi connectivity index (χ1v) is 9.90. The molecule has 0 radical (unpaired) electrons. The summed E-state index contributed by atoms with van der Waals surface area (Å²) in [5.41, 5.74) is -0.406. The molecule has 140 valence electrons. The zero-order valence-electron chi connectivity index (χ0n) is 15.2. The lowest BCUT2D eigenvalue weighted by molar-refractivity contribution is -0.145. The Kier molecular flexibility index (Phi) is 8.85. The Morgan fingerprint density at radius 1 is 1.21 bits per heavy atom. The van der Waals surface area contributed by atoms with Crippen molar-refractivity contribution in [2.45, 2.75) is 31.9 Å². The molecule has 0 bridgehead atoms. The van der Waals surface area contributed by atoms with Crippen molar-refractivity contribution in [3.63, 3.8) is 0 Å². The van der Waals surface area contributed by atoms with E-state index in [0.717, 1.165) is 6.42 Å². The third kappa shape index (κ3) is 4.76. The molecule has 24 heavy (non-hydrogen) atoms. The van der Waals surface area contributed by atoms with Crippen molar-refractivity contribution in [2.24, 2.45) is 5.92 Å². The molecule has 0 aromatic rings. The first-order chi connectivity index (χ1) is 11.5. The molecule has 1 aliphatic heterocycles. The van der Waals surface area contributed by atoms with E-state index in [1.807, 2.05) is 6.92 Å². The standard InChI is InChI=1S/C15H29NO7Si/c1-6-8-23-9-7-14(24(20-3,21-4)22-5)16-11-12(10-13(16)17)15(18)19-2/h12,14H,6-11H2,1-5H3. The summed E-state index contributed by atoms with van der Waals surface area (Å²) in [6, 6.07) is 0. The van der Waals surface area contributed by atoms with Crippen molar-refractivity contribution in [1.29, 1.82) is 0 Å². The number of amides is 1. The van der Waals surface area contributed by atoms with Crippen LogP contribution in [-0.2, 0) is 32.3 Å². The summed E-state index contributed by atoms with van der Waals surface area (Å²) in [6.07, 6.45) is 1.56. The molecule has 0 N–H and O–H groups in total. The van der Waals surface area contributed by atoms with E-state index >= 15 is 0 Å². The minimum absolute atomic E-state index is 0.126. The number of nitrogens with zero attached hydrogens (tertiary/aromatic N) is 1. The molecule has 1 aliphatic rings. The molecular formula is C15H29NO7Si. The second kappa shape index (κ2) is 10.1. The first kappa shape index (κ1) is 21.0. The number of ether oxygens (including phenoxy) is 2. The Labute approximate surface area is 144 Å². The molecule has 1 heterocycles. The van der Waals surface area contributed by atoms with Gasteiger partial charge in [0.25, 0.3) is 0 Å². The van der Waals surface area contributed by atoms with Crippen LogP contribution in [0.25, 0.3) is 0 Å². The fourth-order valence-electron chi connectivity index (χ4n) is 2.98. The maximum Gasteiger partial charge on any atom is 0.524 e. The SMILES string of the molecule is CCCOCCC(N1CC(C(=O)OC)CC1=O)[Si](OC)(OC)OC. The Balaban J connectivity index is 2.95. The van der Waals surface area contributed by atoms with Crippen molar-refractivity contribution in [3.05, 3.63) is 0 Å². The number of hydrogen-bond donors (Lipinski definition) is 0. The van der Waals surface area contributed by atoms with Crippen molar-refractivity contribution in [3.8, 4) is 0 Å². The molecule has 1 saturated heterocycles. The lowest BCUT2D eigenvalue weighted by Crippen LogP contribution is -2.62. The van der Waals surface area contributed by atoms with Gasteiger partial charge in [0.1, 0.15) is 5.67 Å². The Morgan fingerprint density at radius 2 is 1.83 bits per heavy atom. The number of methoxy groups -OCH3 is 1. The van der Waals surface area contributed by atoms with Gasteiger partial charge >= 0.3 is 14.8 Å². The van der Waals surface area contributed by atoms with Crippen LogP contribution in [-0.4, -0.2) is 79.4 Å². The van der Waals surface area contributed by atoms with Crippen LogP contribution in [0.4, 0.5) is 0 Å². The zero-order chi connectivity index (χ0) is 18.2. The molecule has 0 spiro atoms. The molecule has 0 aromatic carbocycles. The van der Waals surface area contributed by atoms with E-state index in [0.29, 0.717) is 19.6 Å². The van der Waals surface area contributed by atoms with Crippen LogP contribution < -0.4 is 0 Å². The van der Waals surface area contributed by atoms with Crippen LogP contribution in [0, 0.1) is 5.92 Å². The molecule has 1 amide bonds. The summed E-state index contributed by atoms with van der Waals surface area (Å²) in [4.78, 5) is 25.9. The highest BCUT2D eigenvalue weighted by Gasteiger charge is 2.54. The van der Waals surface area contributed by atoms with Crippen LogP contribution in [0.3, 0.4) is 0 Å². The van der Waals surface area contributed by atoms with E-state index in [4.69, 9.17) is 22.8 Å². The van der Waals surface area contributed by atoms with Gasteiger partial charge < -0.3 is 27.7 Å². The average molecular weight is 363 g/mol. The summed E-state index contributed by atoms with van der Waals surface area (Å²) in [5, 5.41) is 0. The molecule has 2 unspecified atom stereocenters. The topological polar surface area (TPSA) is 83.5 Å². The normalized spacial score (nSPS) is 19.6. The zero-order valence-corrected chi connectivity index (χ0v) is 16.2. The number of carbonyl (C=O) groups is 2. The van der Waals surface area contributed by atoms with Gasteiger partial charge in [0, 0.05) is 47.5 Å². The van der Waals surface area contributed by atoms with Crippen molar-refractivity contribution < 1.29 is 32.3 Å². The molecule has 0 aliphatic carbocycles. The predicted molar refractivity (Wildman–Crippen MR) is 88.1 cm³/mol. The number of carbonyl (C=O) groups excluding carboxylic acids is 2. The summed E-state index contributed by atoms with van der Waals surface area (Å²) in [6.45, 7) is 3.40. The maximum atomic E-state index is 12.5. The highest BCUT2D eigenvalue weighted by Crippen LogP contribution is 2.28. The van der Waals surface area contributed by atoms with Crippen LogP contribution in [0.2, 0.25) is 0 Å². The Hall–Kier alpha value is -1.00. The second-order valence-corrected chi connectivity index (χ2v) is 8.70. The largest absolute Gasteiger partial charge is 0.524 e. The van der Waals surface area contributed by atoms with Gasteiger partial charge in [-0.2, -0.15) is 0 Å². The summed E-state index contributed by atoms with van der Waals surface area (Å²) < 4.78 is 27.0. The number of esters is 1. The molecule has 0 aromatic heterocycles. The Bertz CT molecular complexity index is 408. The van der Waals surface area contributed by atoms with Crippen LogP contribution in [0.15, 0.2) is 0 Å².